The van der Waals surface area contributed by atoms with Crippen LogP contribution in [0.4, 0.5) is 11.6 Å². The number of hydrogen-bond donors (Lipinski definition) is 1. The highest BCUT2D eigenvalue weighted by Gasteiger charge is 2.20. The highest BCUT2D eigenvalue weighted by atomic mass is 16.5. The monoisotopic (exact) mass is 561 g/mol. The number of ether oxygens (including phenoxy) is 3. The first-order chi connectivity index (χ1) is 20.0. The fourth-order valence-corrected chi connectivity index (χ4v) is 4.81. The number of nitrogens with one attached hydrogen (secondary N) is 1. The van der Waals surface area contributed by atoms with Crippen molar-refractivity contribution >= 4 is 17.6 Å². The van der Waals surface area contributed by atoms with Crippen molar-refractivity contribution in [2.24, 2.45) is 5.92 Å². The van der Waals surface area contributed by atoms with Crippen LogP contribution in [0.15, 0.2) is 54.7 Å². The van der Waals surface area contributed by atoms with Gasteiger partial charge in [-0.3, -0.25) is 9.78 Å². The van der Waals surface area contributed by atoms with Crippen LogP contribution in [0.3, 0.4) is 0 Å². The minimum absolute atomic E-state index is 0.184. The van der Waals surface area contributed by atoms with Gasteiger partial charge in [-0.2, -0.15) is 0 Å². The van der Waals surface area contributed by atoms with Crippen molar-refractivity contribution in [3.63, 3.8) is 0 Å². The molecule has 2 aromatic heterocycles. The second-order valence-corrected chi connectivity index (χ2v) is 10.5. The first-order valence-corrected chi connectivity index (χ1v) is 14.7. The molecule has 1 unspecified atom stereocenters. The van der Waals surface area contributed by atoms with Crippen molar-refractivity contribution < 1.29 is 19.0 Å². The first kappa shape index (κ1) is 30.4. The second-order valence-electron chi connectivity index (χ2n) is 10.5. The van der Waals surface area contributed by atoms with Gasteiger partial charge in [-0.25, -0.2) is 9.97 Å². The summed E-state index contributed by atoms with van der Waals surface area (Å²) in [5.74, 6) is 2.14. The number of aromatic nitrogens is 3. The first-order valence-electron chi connectivity index (χ1n) is 14.7. The maximum absolute atomic E-state index is 12.4. The highest BCUT2D eigenvalue weighted by molar-refractivity contribution is 5.69. The Balaban J connectivity index is 1.38. The number of benzene rings is 1. The van der Waals surface area contributed by atoms with Gasteiger partial charge in [0, 0.05) is 44.9 Å². The number of esters is 1. The van der Waals surface area contributed by atoms with Gasteiger partial charge in [-0.15, -0.1) is 0 Å². The Labute approximate surface area is 243 Å². The predicted octanol–water partition coefficient (Wildman–Crippen LogP) is 4.96. The second kappa shape index (κ2) is 16.0. The Bertz CT molecular complexity index is 1200. The fraction of sp³-hybridized carbons (Fsp3) is 0.500. The van der Waals surface area contributed by atoms with E-state index >= 15 is 0 Å². The summed E-state index contributed by atoms with van der Waals surface area (Å²) in [6, 6.07) is 16.4. The molecule has 1 aromatic carbocycles. The van der Waals surface area contributed by atoms with E-state index < -0.39 is 0 Å². The summed E-state index contributed by atoms with van der Waals surface area (Å²) in [7, 11) is 0. The lowest BCUT2D eigenvalue weighted by atomic mass is 10.0. The van der Waals surface area contributed by atoms with Crippen LogP contribution >= 0.6 is 0 Å². The van der Waals surface area contributed by atoms with Crippen molar-refractivity contribution in [1.82, 2.24) is 15.0 Å². The standard InChI is InChI=1S/C32H43N5O4/c1-4-39-21-22-40-20-15-31(38)41-28(24(2)3)12-17-34-29-23-30(36-32(35-29)27-11-7-8-16-33-27)37-18-13-25-9-5-6-10-26(25)14-19-37/h5-11,16,23-24,28H,4,12-15,17-22H2,1-3H3,(H,34,35,36). The molecule has 3 heterocycles. The van der Waals surface area contributed by atoms with Gasteiger partial charge in [0.25, 0.3) is 0 Å². The van der Waals surface area contributed by atoms with Crippen molar-refractivity contribution in [1.29, 1.82) is 0 Å². The molecule has 1 atom stereocenters. The number of carbonyl (C=O) groups is 1. The number of pyridine rings is 1. The number of anilines is 2. The van der Waals surface area contributed by atoms with Crippen LogP contribution < -0.4 is 10.2 Å². The lowest BCUT2D eigenvalue weighted by molar-refractivity contribution is -0.152. The van der Waals surface area contributed by atoms with E-state index in [1.165, 1.54) is 11.1 Å². The molecule has 3 aromatic rings. The SMILES string of the molecule is CCOCCOCCC(=O)OC(CCNc1cc(N2CCc3ccccc3CC2)nc(-c2ccccn2)n1)C(C)C. The van der Waals surface area contributed by atoms with Gasteiger partial charge >= 0.3 is 5.97 Å². The molecule has 0 amide bonds. The third-order valence-electron chi connectivity index (χ3n) is 7.14. The Kier molecular flexibility index (Phi) is 11.9. The molecule has 9 heteroatoms. The summed E-state index contributed by atoms with van der Waals surface area (Å²) >= 11 is 0. The summed E-state index contributed by atoms with van der Waals surface area (Å²) in [5.41, 5.74) is 3.53. The van der Waals surface area contributed by atoms with Crippen LogP contribution in [-0.4, -0.2) is 73.1 Å². The summed E-state index contributed by atoms with van der Waals surface area (Å²) in [6.07, 6.45) is 4.38. The number of carbonyl (C=O) groups excluding carboxylic acids is 1. The van der Waals surface area contributed by atoms with E-state index in [1.54, 1.807) is 6.20 Å². The molecule has 1 aliphatic rings. The minimum Gasteiger partial charge on any atom is -0.462 e. The lowest BCUT2D eigenvalue weighted by Gasteiger charge is -2.23. The van der Waals surface area contributed by atoms with Crippen LogP contribution in [0.5, 0.6) is 0 Å². The van der Waals surface area contributed by atoms with E-state index in [-0.39, 0.29) is 24.4 Å². The fourth-order valence-electron chi connectivity index (χ4n) is 4.81. The molecular formula is C32H43N5O4. The van der Waals surface area contributed by atoms with Crippen molar-refractivity contribution in [2.75, 3.05) is 56.3 Å². The van der Waals surface area contributed by atoms with Gasteiger partial charge in [0.2, 0.25) is 0 Å². The molecule has 1 N–H and O–H groups in total. The Hall–Kier alpha value is -3.56. The number of hydrogen-bond acceptors (Lipinski definition) is 9. The van der Waals surface area contributed by atoms with E-state index in [0.717, 1.165) is 43.3 Å². The molecule has 0 saturated carbocycles. The Morgan fingerprint density at radius 3 is 2.39 bits per heavy atom. The molecule has 0 bridgehead atoms. The van der Waals surface area contributed by atoms with E-state index in [4.69, 9.17) is 24.2 Å². The summed E-state index contributed by atoms with van der Waals surface area (Å²) in [5, 5.41) is 3.46. The third kappa shape index (κ3) is 9.50. The van der Waals surface area contributed by atoms with Gasteiger partial charge in [-0.05, 0) is 48.9 Å². The molecular weight excluding hydrogens is 518 g/mol. The Morgan fingerprint density at radius 2 is 1.71 bits per heavy atom. The van der Waals surface area contributed by atoms with E-state index in [0.29, 0.717) is 45.2 Å². The van der Waals surface area contributed by atoms with Gasteiger partial charge in [0.05, 0.1) is 26.2 Å². The molecule has 41 heavy (non-hydrogen) atoms. The maximum Gasteiger partial charge on any atom is 0.308 e. The van der Waals surface area contributed by atoms with Crippen LogP contribution in [0.2, 0.25) is 0 Å². The van der Waals surface area contributed by atoms with Gasteiger partial charge < -0.3 is 24.4 Å². The normalized spacial score (nSPS) is 13.9. The van der Waals surface area contributed by atoms with Gasteiger partial charge in [0.15, 0.2) is 5.82 Å². The molecule has 4 rings (SSSR count). The predicted molar refractivity (Wildman–Crippen MR) is 161 cm³/mol. The summed E-state index contributed by atoms with van der Waals surface area (Å²) in [4.78, 5) is 28.9. The molecule has 220 valence electrons. The molecule has 0 aliphatic carbocycles. The molecule has 0 saturated heterocycles. The lowest BCUT2D eigenvalue weighted by Crippen LogP contribution is -2.28. The van der Waals surface area contributed by atoms with Crippen LogP contribution in [0.1, 0.15) is 44.7 Å². The zero-order chi connectivity index (χ0) is 28.9. The molecule has 0 radical (unpaired) electrons. The van der Waals surface area contributed by atoms with Crippen LogP contribution in [-0.2, 0) is 31.8 Å². The van der Waals surface area contributed by atoms with Crippen LogP contribution in [0.25, 0.3) is 11.5 Å². The molecule has 0 spiro atoms. The van der Waals surface area contributed by atoms with Crippen molar-refractivity contribution in [2.45, 2.75) is 52.6 Å². The van der Waals surface area contributed by atoms with Crippen molar-refractivity contribution in [3.8, 4) is 11.5 Å². The summed E-state index contributed by atoms with van der Waals surface area (Å²) in [6.45, 7) is 10.4. The van der Waals surface area contributed by atoms with E-state index in [9.17, 15) is 4.79 Å². The van der Waals surface area contributed by atoms with Gasteiger partial charge in [-0.1, -0.05) is 44.2 Å². The molecule has 1 aliphatic heterocycles. The Morgan fingerprint density at radius 1 is 0.976 bits per heavy atom. The zero-order valence-electron chi connectivity index (χ0n) is 24.6. The molecule has 9 nitrogen and oxygen atoms in total. The largest absolute Gasteiger partial charge is 0.462 e. The number of fused-ring (bicyclic) bond motifs is 1. The smallest absolute Gasteiger partial charge is 0.308 e. The van der Waals surface area contributed by atoms with E-state index in [2.05, 4.69) is 53.3 Å². The van der Waals surface area contributed by atoms with Crippen LogP contribution in [0, 0.1) is 5.92 Å². The average molecular weight is 562 g/mol. The quantitative estimate of drug-likeness (QED) is 0.204. The minimum atomic E-state index is -0.246. The van der Waals surface area contributed by atoms with Gasteiger partial charge in [0.1, 0.15) is 23.4 Å². The number of nitrogens with zero attached hydrogens (tertiary/aromatic N) is 4. The third-order valence-corrected chi connectivity index (χ3v) is 7.14. The average Bonchev–Trinajstić information content (AvgIpc) is 3.21. The topological polar surface area (TPSA) is 98.7 Å². The van der Waals surface area contributed by atoms with Crippen molar-refractivity contribution in [3.05, 3.63) is 65.9 Å². The van der Waals surface area contributed by atoms with E-state index in [1.807, 2.05) is 31.2 Å². The zero-order valence-corrected chi connectivity index (χ0v) is 24.6. The highest BCUT2D eigenvalue weighted by Crippen LogP contribution is 2.25. The number of rotatable bonds is 15. The summed E-state index contributed by atoms with van der Waals surface area (Å²) < 4.78 is 16.5. The molecule has 0 fully saturated rings. The maximum atomic E-state index is 12.4.